The minimum Gasteiger partial charge on any atom is -0.412 e. The van der Waals surface area contributed by atoms with Crippen LogP contribution in [0.2, 0.25) is 0 Å². The third kappa shape index (κ3) is 1.97. The molecule has 0 unspecified atom stereocenters. The summed E-state index contributed by atoms with van der Waals surface area (Å²) in [7, 11) is 0. The summed E-state index contributed by atoms with van der Waals surface area (Å²) in [4.78, 5) is 0. The Labute approximate surface area is 74.2 Å². The molecule has 0 bridgehead atoms. The minimum absolute atomic E-state index is 0. The summed E-state index contributed by atoms with van der Waals surface area (Å²) in [6.07, 6.45) is 5.63. The van der Waals surface area contributed by atoms with Crippen LogP contribution < -0.4 is 10.6 Å². The van der Waals surface area contributed by atoms with Crippen molar-refractivity contribution in [1.82, 2.24) is 10.6 Å². The lowest BCUT2D eigenvalue weighted by molar-refractivity contribution is 0.157. The van der Waals surface area contributed by atoms with E-state index in [1.54, 1.807) is 0 Å². The molecule has 0 atom stereocenters. The average molecular weight is 172 g/mol. The lowest BCUT2D eigenvalue weighted by atomic mass is 9.75. The Morgan fingerprint density at radius 2 is 1.33 bits per heavy atom. The summed E-state index contributed by atoms with van der Waals surface area (Å²) in [5.41, 5.74) is 0.635. The lowest BCUT2D eigenvalue weighted by Gasteiger charge is -2.41. The van der Waals surface area contributed by atoms with E-state index in [1.165, 1.54) is 51.9 Å². The van der Waals surface area contributed by atoms with Crippen LogP contribution in [0.15, 0.2) is 0 Å². The predicted octanol–water partition coefficient (Wildman–Crippen LogP) is -0.0851. The average Bonchev–Trinajstić information content (AvgIpc) is 2.07. The maximum Gasteiger partial charge on any atom is 0.00200 e. The highest BCUT2D eigenvalue weighted by molar-refractivity contribution is 4.89. The highest BCUT2D eigenvalue weighted by Crippen LogP contribution is 2.32. The van der Waals surface area contributed by atoms with Crippen LogP contribution >= 0.6 is 0 Å². The Kier molecular flexibility index (Phi) is 3.50. The molecule has 0 aliphatic carbocycles. The van der Waals surface area contributed by atoms with E-state index in [-0.39, 0.29) is 5.48 Å². The van der Waals surface area contributed by atoms with E-state index >= 15 is 0 Å². The zero-order valence-corrected chi connectivity index (χ0v) is 7.66. The first-order valence-corrected chi connectivity index (χ1v) is 4.83. The molecule has 2 rings (SSSR count). The van der Waals surface area contributed by atoms with Gasteiger partial charge >= 0.3 is 0 Å². The van der Waals surface area contributed by atoms with Gasteiger partial charge in [-0.3, -0.25) is 0 Å². The fourth-order valence-corrected chi connectivity index (χ4v) is 2.42. The van der Waals surface area contributed by atoms with Gasteiger partial charge in [-0.2, -0.15) is 0 Å². The second-order valence-electron chi connectivity index (χ2n) is 4.06. The van der Waals surface area contributed by atoms with Gasteiger partial charge in [0.25, 0.3) is 0 Å². The fourth-order valence-electron chi connectivity index (χ4n) is 2.42. The van der Waals surface area contributed by atoms with E-state index in [1.807, 2.05) is 0 Å². The van der Waals surface area contributed by atoms with Crippen molar-refractivity contribution < 1.29 is 5.48 Å². The molecule has 4 N–H and O–H groups in total. The van der Waals surface area contributed by atoms with Crippen molar-refractivity contribution >= 4 is 0 Å². The SMILES string of the molecule is C1CNCC2(C1)CCCNC2.O. The van der Waals surface area contributed by atoms with Crippen molar-refractivity contribution in [3.8, 4) is 0 Å². The van der Waals surface area contributed by atoms with E-state index in [4.69, 9.17) is 0 Å². The minimum atomic E-state index is 0. The topological polar surface area (TPSA) is 55.6 Å². The van der Waals surface area contributed by atoms with E-state index in [2.05, 4.69) is 10.6 Å². The van der Waals surface area contributed by atoms with Gasteiger partial charge in [-0.1, -0.05) is 0 Å². The van der Waals surface area contributed by atoms with Crippen LogP contribution in [0.1, 0.15) is 25.7 Å². The van der Waals surface area contributed by atoms with Gasteiger partial charge in [0.15, 0.2) is 0 Å². The van der Waals surface area contributed by atoms with Crippen molar-refractivity contribution in [2.75, 3.05) is 26.2 Å². The summed E-state index contributed by atoms with van der Waals surface area (Å²) < 4.78 is 0. The van der Waals surface area contributed by atoms with Gasteiger partial charge in [-0.25, -0.2) is 0 Å². The molecule has 3 nitrogen and oxygen atoms in total. The Morgan fingerprint density at radius 3 is 1.67 bits per heavy atom. The Bertz CT molecular complexity index is 107. The zero-order chi connectivity index (χ0) is 7.57. The molecule has 0 saturated carbocycles. The standard InChI is InChI=1S/C9H18N2.H2O/c1-3-9(7-10-5-1)4-2-6-11-8-9;/h10-11H,1-8H2;1H2. The van der Waals surface area contributed by atoms with E-state index in [0.29, 0.717) is 5.41 Å². The Balaban J connectivity index is 0.000000720. The van der Waals surface area contributed by atoms with E-state index in [0.717, 1.165) is 0 Å². The van der Waals surface area contributed by atoms with Crippen LogP contribution in [0.4, 0.5) is 0 Å². The first-order chi connectivity index (χ1) is 5.41. The molecule has 0 radical (unpaired) electrons. The lowest BCUT2D eigenvalue weighted by Crippen LogP contribution is -2.49. The normalized spacial score (nSPS) is 28.0. The number of piperidine rings is 2. The van der Waals surface area contributed by atoms with Crippen molar-refractivity contribution in [3.05, 3.63) is 0 Å². The molecule has 72 valence electrons. The molecule has 3 heteroatoms. The zero-order valence-electron chi connectivity index (χ0n) is 7.66. The second-order valence-corrected chi connectivity index (χ2v) is 4.06. The Hall–Kier alpha value is -0.120. The van der Waals surface area contributed by atoms with Crippen LogP contribution in [0.5, 0.6) is 0 Å². The van der Waals surface area contributed by atoms with E-state index in [9.17, 15) is 0 Å². The highest BCUT2D eigenvalue weighted by Gasteiger charge is 2.32. The largest absolute Gasteiger partial charge is 0.412 e. The van der Waals surface area contributed by atoms with Gasteiger partial charge in [0.05, 0.1) is 0 Å². The fraction of sp³-hybridized carbons (Fsp3) is 1.00. The van der Waals surface area contributed by atoms with Crippen molar-refractivity contribution in [2.45, 2.75) is 25.7 Å². The van der Waals surface area contributed by atoms with Gasteiger partial charge in [-0.15, -0.1) is 0 Å². The molecule has 2 aliphatic rings. The maximum absolute atomic E-state index is 3.51. The molecule has 2 saturated heterocycles. The highest BCUT2D eigenvalue weighted by atomic mass is 16.0. The number of hydrogen-bond donors (Lipinski definition) is 2. The molecule has 1 spiro atoms. The quantitative estimate of drug-likeness (QED) is 0.537. The predicted molar refractivity (Wildman–Crippen MR) is 50.3 cm³/mol. The third-order valence-electron chi connectivity index (χ3n) is 3.12. The number of rotatable bonds is 0. The van der Waals surface area contributed by atoms with Gasteiger partial charge in [-0.05, 0) is 44.2 Å². The number of hydrogen-bond acceptors (Lipinski definition) is 2. The summed E-state index contributed by atoms with van der Waals surface area (Å²) in [6.45, 7) is 4.98. The van der Waals surface area contributed by atoms with Crippen molar-refractivity contribution in [3.63, 3.8) is 0 Å². The van der Waals surface area contributed by atoms with E-state index < -0.39 is 0 Å². The molecule has 2 aliphatic heterocycles. The molecule has 0 aromatic heterocycles. The maximum atomic E-state index is 3.51. The van der Waals surface area contributed by atoms with Gasteiger partial charge in [0, 0.05) is 13.1 Å². The van der Waals surface area contributed by atoms with Crippen molar-refractivity contribution in [1.29, 1.82) is 0 Å². The van der Waals surface area contributed by atoms with Crippen LogP contribution in [0.25, 0.3) is 0 Å². The van der Waals surface area contributed by atoms with Gasteiger partial charge < -0.3 is 16.1 Å². The molecule has 2 fully saturated rings. The first kappa shape index (κ1) is 9.96. The number of nitrogens with one attached hydrogen (secondary N) is 2. The molecule has 12 heavy (non-hydrogen) atoms. The van der Waals surface area contributed by atoms with Gasteiger partial charge in [0.1, 0.15) is 0 Å². The molecule has 2 heterocycles. The molecular weight excluding hydrogens is 152 g/mol. The van der Waals surface area contributed by atoms with Crippen LogP contribution in [0, 0.1) is 5.41 Å². The van der Waals surface area contributed by atoms with Crippen LogP contribution in [0.3, 0.4) is 0 Å². The first-order valence-electron chi connectivity index (χ1n) is 4.83. The molecule has 0 amide bonds. The smallest absolute Gasteiger partial charge is 0.00200 e. The monoisotopic (exact) mass is 172 g/mol. The second kappa shape index (κ2) is 4.21. The van der Waals surface area contributed by atoms with Crippen molar-refractivity contribution in [2.24, 2.45) is 5.41 Å². The summed E-state index contributed by atoms with van der Waals surface area (Å²) in [5.74, 6) is 0. The molecule has 0 aromatic carbocycles. The Morgan fingerprint density at radius 1 is 0.833 bits per heavy atom. The van der Waals surface area contributed by atoms with Gasteiger partial charge in [0.2, 0.25) is 0 Å². The summed E-state index contributed by atoms with van der Waals surface area (Å²) in [6, 6.07) is 0. The van der Waals surface area contributed by atoms with Crippen LogP contribution in [-0.2, 0) is 0 Å². The molecular formula is C9H20N2O. The summed E-state index contributed by atoms with van der Waals surface area (Å²) >= 11 is 0. The third-order valence-corrected chi connectivity index (χ3v) is 3.12. The summed E-state index contributed by atoms with van der Waals surface area (Å²) in [5, 5.41) is 7.01. The van der Waals surface area contributed by atoms with Crippen LogP contribution in [-0.4, -0.2) is 31.7 Å². The molecule has 0 aromatic rings.